The summed E-state index contributed by atoms with van der Waals surface area (Å²) in [6.45, 7) is 3.43. The Kier molecular flexibility index (Phi) is 3.30. The number of halogens is 1. The largest absolute Gasteiger partial charge is 0.480 e. The van der Waals surface area contributed by atoms with Crippen molar-refractivity contribution in [3.05, 3.63) is 35.1 Å². The van der Waals surface area contributed by atoms with Gasteiger partial charge in [-0.1, -0.05) is 12.1 Å². The second-order valence-corrected chi connectivity index (χ2v) is 5.08. The second kappa shape index (κ2) is 4.64. The van der Waals surface area contributed by atoms with Crippen LogP contribution in [0.1, 0.15) is 35.7 Å². The van der Waals surface area contributed by atoms with Crippen LogP contribution in [0.25, 0.3) is 0 Å². The maximum Gasteiger partial charge on any atom is 0.329 e. The van der Waals surface area contributed by atoms with Gasteiger partial charge in [-0.15, -0.1) is 0 Å². The molecular formula is C14H16FNO3. The molecule has 1 aliphatic heterocycles. The van der Waals surface area contributed by atoms with E-state index in [-0.39, 0.29) is 5.56 Å². The lowest BCUT2D eigenvalue weighted by molar-refractivity contribution is -0.147. The number of carboxylic acids is 1. The first-order chi connectivity index (χ1) is 8.88. The van der Waals surface area contributed by atoms with Crippen molar-refractivity contribution in [2.45, 2.75) is 32.2 Å². The van der Waals surface area contributed by atoms with Gasteiger partial charge in [-0.2, -0.15) is 0 Å². The number of nitrogens with zero attached hydrogens (tertiary/aromatic N) is 1. The summed E-state index contributed by atoms with van der Waals surface area (Å²) in [6, 6.07) is 4.57. The van der Waals surface area contributed by atoms with Gasteiger partial charge < -0.3 is 10.0 Å². The zero-order valence-electron chi connectivity index (χ0n) is 10.9. The number of rotatable bonds is 2. The quantitative estimate of drug-likeness (QED) is 0.892. The minimum absolute atomic E-state index is 0.0608. The Morgan fingerprint density at radius 3 is 2.74 bits per heavy atom. The van der Waals surface area contributed by atoms with Gasteiger partial charge in [0.2, 0.25) is 0 Å². The maximum absolute atomic E-state index is 14.0. The Hall–Kier alpha value is -1.91. The van der Waals surface area contributed by atoms with E-state index in [1.165, 1.54) is 17.9 Å². The van der Waals surface area contributed by atoms with E-state index in [9.17, 15) is 19.1 Å². The molecule has 0 aromatic heterocycles. The average molecular weight is 265 g/mol. The topological polar surface area (TPSA) is 57.6 Å². The molecule has 1 aromatic carbocycles. The zero-order valence-corrected chi connectivity index (χ0v) is 10.9. The number of hydrogen-bond acceptors (Lipinski definition) is 2. The van der Waals surface area contributed by atoms with E-state index in [0.717, 1.165) is 0 Å². The van der Waals surface area contributed by atoms with Crippen molar-refractivity contribution < 1.29 is 19.1 Å². The van der Waals surface area contributed by atoms with Gasteiger partial charge in [-0.3, -0.25) is 4.79 Å². The highest BCUT2D eigenvalue weighted by atomic mass is 19.1. The van der Waals surface area contributed by atoms with Crippen LogP contribution in [-0.4, -0.2) is 34.0 Å². The molecule has 2 rings (SSSR count). The molecule has 1 N–H and O–H groups in total. The van der Waals surface area contributed by atoms with E-state index in [1.807, 2.05) is 0 Å². The van der Waals surface area contributed by atoms with E-state index >= 15 is 0 Å². The lowest BCUT2D eigenvalue weighted by Gasteiger charge is -2.31. The van der Waals surface area contributed by atoms with E-state index in [4.69, 9.17) is 0 Å². The number of aliphatic carboxylic acids is 1. The molecule has 0 aliphatic carbocycles. The van der Waals surface area contributed by atoms with Crippen molar-refractivity contribution >= 4 is 11.9 Å². The smallest absolute Gasteiger partial charge is 0.329 e. The predicted molar refractivity (Wildman–Crippen MR) is 67.4 cm³/mol. The van der Waals surface area contributed by atoms with Crippen LogP contribution in [0.4, 0.5) is 4.39 Å². The molecule has 1 heterocycles. The highest BCUT2D eigenvalue weighted by molar-refractivity contribution is 5.98. The van der Waals surface area contributed by atoms with Crippen LogP contribution in [0.2, 0.25) is 0 Å². The lowest BCUT2D eigenvalue weighted by atomic mass is 9.98. The third-order valence-electron chi connectivity index (χ3n) is 3.77. The minimum atomic E-state index is -1.24. The van der Waals surface area contributed by atoms with Crippen LogP contribution in [-0.2, 0) is 4.79 Å². The highest BCUT2D eigenvalue weighted by Crippen LogP contribution is 2.31. The molecule has 1 amide bonds. The number of likely N-dealkylation sites (tertiary alicyclic amines) is 1. The second-order valence-electron chi connectivity index (χ2n) is 5.08. The van der Waals surface area contributed by atoms with Crippen LogP contribution in [0.5, 0.6) is 0 Å². The summed E-state index contributed by atoms with van der Waals surface area (Å²) in [5.41, 5.74) is -0.927. The summed E-state index contributed by atoms with van der Waals surface area (Å²) in [6.07, 6.45) is 1.00. The van der Waals surface area contributed by atoms with Crippen LogP contribution in [0.15, 0.2) is 18.2 Å². The van der Waals surface area contributed by atoms with Gasteiger partial charge in [0.1, 0.15) is 11.4 Å². The van der Waals surface area contributed by atoms with Crippen molar-refractivity contribution in [2.24, 2.45) is 0 Å². The van der Waals surface area contributed by atoms with Crippen LogP contribution in [0.3, 0.4) is 0 Å². The van der Waals surface area contributed by atoms with Crippen LogP contribution < -0.4 is 0 Å². The van der Waals surface area contributed by atoms with Crippen molar-refractivity contribution in [2.75, 3.05) is 6.54 Å². The zero-order chi connectivity index (χ0) is 14.2. The number of benzene rings is 1. The molecule has 1 unspecified atom stereocenters. The number of hydrogen-bond donors (Lipinski definition) is 1. The van der Waals surface area contributed by atoms with E-state index in [1.54, 1.807) is 19.1 Å². The van der Waals surface area contributed by atoms with Gasteiger partial charge in [-0.25, -0.2) is 9.18 Å². The first-order valence-corrected chi connectivity index (χ1v) is 6.18. The molecule has 1 aromatic rings. The summed E-state index contributed by atoms with van der Waals surface area (Å²) in [4.78, 5) is 25.0. The number of aryl methyl sites for hydroxylation is 1. The molecular weight excluding hydrogens is 249 g/mol. The molecule has 19 heavy (non-hydrogen) atoms. The van der Waals surface area contributed by atoms with E-state index in [0.29, 0.717) is 24.9 Å². The minimum Gasteiger partial charge on any atom is -0.480 e. The molecule has 0 bridgehead atoms. The van der Waals surface area contributed by atoms with Gasteiger partial charge in [0.05, 0.1) is 5.56 Å². The lowest BCUT2D eigenvalue weighted by Crippen LogP contribution is -2.51. The fourth-order valence-corrected chi connectivity index (χ4v) is 2.47. The maximum atomic E-state index is 14.0. The molecule has 0 radical (unpaired) electrons. The number of carboxylic acid groups (broad SMARTS) is 1. The Morgan fingerprint density at radius 2 is 2.11 bits per heavy atom. The Labute approximate surface area is 110 Å². The summed E-state index contributed by atoms with van der Waals surface area (Å²) in [5.74, 6) is -2.18. The molecule has 1 fully saturated rings. The first kappa shape index (κ1) is 13.5. The van der Waals surface area contributed by atoms with Crippen molar-refractivity contribution in [1.82, 2.24) is 4.90 Å². The van der Waals surface area contributed by atoms with Crippen molar-refractivity contribution in [1.29, 1.82) is 0 Å². The van der Waals surface area contributed by atoms with Gasteiger partial charge in [-0.05, 0) is 38.3 Å². The van der Waals surface area contributed by atoms with E-state index < -0.39 is 23.2 Å². The SMILES string of the molecule is Cc1cccc(C(=O)N2CCCC2(C)C(=O)O)c1F. The molecule has 5 heteroatoms. The standard InChI is InChI=1S/C14H16FNO3/c1-9-5-3-6-10(11(9)15)12(17)16-8-4-7-14(16,2)13(18)19/h3,5-6H,4,7-8H2,1-2H3,(H,18,19). The summed E-state index contributed by atoms with van der Waals surface area (Å²) >= 11 is 0. The molecule has 1 atom stereocenters. The van der Waals surface area contributed by atoms with Crippen molar-refractivity contribution in [3.63, 3.8) is 0 Å². The number of carbonyl (C=O) groups is 2. The van der Waals surface area contributed by atoms with Crippen LogP contribution in [0, 0.1) is 12.7 Å². The van der Waals surface area contributed by atoms with Gasteiger partial charge >= 0.3 is 5.97 Å². The monoisotopic (exact) mass is 265 g/mol. The van der Waals surface area contributed by atoms with E-state index in [2.05, 4.69) is 0 Å². The summed E-state index contributed by atoms with van der Waals surface area (Å²) in [7, 11) is 0. The molecule has 1 aliphatic rings. The van der Waals surface area contributed by atoms with Crippen LogP contribution >= 0.6 is 0 Å². The predicted octanol–water partition coefficient (Wildman–Crippen LogP) is 2.21. The van der Waals surface area contributed by atoms with Gasteiger partial charge in [0.25, 0.3) is 5.91 Å². The Bertz CT molecular complexity index is 543. The normalized spacial score (nSPS) is 22.6. The molecule has 102 valence electrons. The Balaban J connectivity index is 2.39. The van der Waals surface area contributed by atoms with Crippen molar-refractivity contribution in [3.8, 4) is 0 Å². The number of carbonyl (C=O) groups excluding carboxylic acids is 1. The molecule has 0 spiro atoms. The van der Waals surface area contributed by atoms with Gasteiger partial charge in [0.15, 0.2) is 0 Å². The highest BCUT2D eigenvalue weighted by Gasteiger charge is 2.46. The first-order valence-electron chi connectivity index (χ1n) is 6.18. The fourth-order valence-electron chi connectivity index (χ4n) is 2.47. The fraction of sp³-hybridized carbons (Fsp3) is 0.429. The Morgan fingerprint density at radius 1 is 1.42 bits per heavy atom. The molecule has 1 saturated heterocycles. The molecule has 0 saturated carbocycles. The third-order valence-corrected chi connectivity index (χ3v) is 3.77. The summed E-state index contributed by atoms with van der Waals surface area (Å²) < 4.78 is 14.0. The summed E-state index contributed by atoms with van der Waals surface area (Å²) in [5, 5.41) is 9.27. The number of amides is 1. The molecule has 4 nitrogen and oxygen atoms in total. The average Bonchev–Trinajstić information content (AvgIpc) is 2.75. The third kappa shape index (κ3) is 2.09. The van der Waals surface area contributed by atoms with Gasteiger partial charge in [0, 0.05) is 6.54 Å².